The first-order chi connectivity index (χ1) is 10.1. The van der Waals surface area contributed by atoms with Crippen LogP contribution in [0.4, 0.5) is 5.82 Å². The van der Waals surface area contributed by atoms with Gasteiger partial charge in [-0.2, -0.15) is 0 Å². The Balaban J connectivity index is 2.21. The zero-order chi connectivity index (χ0) is 15.2. The zero-order valence-corrected chi connectivity index (χ0v) is 13.3. The van der Waals surface area contributed by atoms with Crippen LogP contribution in [-0.2, 0) is 6.54 Å². The summed E-state index contributed by atoms with van der Waals surface area (Å²) >= 11 is 0. The number of hydrogen-bond donors (Lipinski definition) is 1. The van der Waals surface area contributed by atoms with E-state index in [1.54, 1.807) is 0 Å². The summed E-state index contributed by atoms with van der Waals surface area (Å²) in [4.78, 5) is 11.3. The molecule has 0 amide bonds. The van der Waals surface area contributed by atoms with Gasteiger partial charge >= 0.3 is 0 Å². The minimum absolute atomic E-state index is 0.284. The van der Waals surface area contributed by atoms with Gasteiger partial charge in [-0.1, -0.05) is 19.1 Å². The second kappa shape index (κ2) is 7.18. The van der Waals surface area contributed by atoms with Crippen molar-refractivity contribution in [3.8, 4) is 0 Å². The summed E-state index contributed by atoms with van der Waals surface area (Å²) in [6.07, 6.45) is 1.84. The highest BCUT2D eigenvalue weighted by atomic mass is 15.2. The Morgan fingerprint density at radius 2 is 2.05 bits per heavy atom. The average Bonchev–Trinajstić information content (AvgIpc) is 2.47. The Kier molecular flexibility index (Phi) is 5.28. The molecule has 0 radical (unpaired) electrons. The van der Waals surface area contributed by atoms with Gasteiger partial charge in [0.25, 0.3) is 0 Å². The quantitative estimate of drug-likeness (QED) is 0.885. The molecule has 2 rings (SSSR count). The van der Waals surface area contributed by atoms with E-state index in [-0.39, 0.29) is 6.04 Å². The van der Waals surface area contributed by atoms with Crippen LogP contribution in [0.3, 0.4) is 0 Å². The molecular formula is C17H24N4. The number of pyridine rings is 2. The van der Waals surface area contributed by atoms with Gasteiger partial charge in [-0.25, -0.2) is 4.98 Å². The van der Waals surface area contributed by atoms with Crippen molar-refractivity contribution in [3.05, 3.63) is 53.5 Å². The standard InChI is InChI=1S/C17H24N4/c1-5-18-14(3)16-10-7-11-19-17(16)21(4)12-15-9-6-8-13(2)20-15/h6-11,14,18H,5,12H2,1-4H3. The normalized spacial score (nSPS) is 12.2. The third kappa shape index (κ3) is 4.02. The van der Waals surface area contributed by atoms with Gasteiger partial charge in [0.15, 0.2) is 0 Å². The molecule has 0 saturated carbocycles. The summed E-state index contributed by atoms with van der Waals surface area (Å²) in [7, 11) is 2.06. The van der Waals surface area contributed by atoms with E-state index in [4.69, 9.17) is 0 Å². The second-order valence-electron chi connectivity index (χ2n) is 5.32. The molecule has 0 aliphatic heterocycles. The van der Waals surface area contributed by atoms with E-state index in [1.165, 1.54) is 5.56 Å². The van der Waals surface area contributed by atoms with Crippen molar-refractivity contribution in [1.29, 1.82) is 0 Å². The smallest absolute Gasteiger partial charge is 0.133 e. The van der Waals surface area contributed by atoms with Gasteiger partial charge in [-0.15, -0.1) is 0 Å². The fraction of sp³-hybridized carbons (Fsp3) is 0.412. The fourth-order valence-corrected chi connectivity index (χ4v) is 2.49. The number of anilines is 1. The molecule has 0 spiro atoms. The van der Waals surface area contributed by atoms with E-state index in [2.05, 4.69) is 53.2 Å². The topological polar surface area (TPSA) is 41.1 Å². The maximum atomic E-state index is 4.56. The minimum Gasteiger partial charge on any atom is -0.354 e. The van der Waals surface area contributed by atoms with Crippen LogP contribution in [0.15, 0.2) is 36.5 Å². The molecular weight excluding hydrogens is 260 g/mol. The van der Waals surface area contributed by atoms with E-state index in [1.807, 2.05) is 31.3 Å². The molecule has 0 saturated heterocycles. The van der Waals surface area contributed by atoms with Gasteiger partial charge in [0.05, 0.1) is 12.2 Å². The maximum absolute atomic E-state index is 4.56. The lowest BCUT2D eigenvalue weighted by Gasteiger charge is -2.24. The lowest BCUT2D eigenvalue weighted by molar-refractivity contribution is 0.594. The van der Waals surface area contributed by atoms with Crippen LogP contribution in [0, 0.1) is 6.92 Å². The van der Waals surface area contributed by atoms with Crippen LogP contribution in [0.1, 0.15) is 36.8 Å². The number of hydrogen-bond acceptors (Lipinski definition) is 4. The summed E-state index contributed by atoms with van der Waals surface area (Å²) in [5, 5.41) is 3.45. The molecule has 1 atom stereocenters. The highest BCUT2D eigenvalue weighted by Crippen LogP contribution is 2.23. The predicted molar refractivity (Wildman–Crippen MR) is 87.4 cm³/mol. The van der Waals surface area contributed by atoms with Crippen molar-refractivity contribution in [2.75, 3.05) is 18.5 Å². The van der Waals surface area contributed by atoms with Crippen molar-refractivity contribution < 1.29 is 0 Å². The second-order valence-corrected chi connectivity index (χ2v) is 5.32. The number of nitrogens with zero attached hydrogens (tertiary/aromatic N) is 3. The van der Waals surface area contributed by atoms with Crippen molar-refractivity contribution in [1.82, 2.24) is 15.3 Å². The third-order valence-electron chi connectivity index (χ3n) is 3.50. The van der Waals surface area contributed by atoms with Crippen LogP contribution in [0.2, 0.25) is 0 Å². The molecule has 2 aromatic rings. The Morgan fingerprint density at radius 1 is 1.24 bits per heavy atom. The number of nitrogens with one attached hydrogen (secondary N) is 1. The number of rotatable bonds is 6. The molecule has 1 unspecified atom stereocenters. The first-order valence-corrected chi connectivity index (χ1v) is 7.43. The van der Waals surface area contributed by atoms with Gasteiger partial charge in [-0.05, 0) is 38.6 Å². The van der Waals surface area contributed by atoms with Gasteiger partial charge in [-0.3, -0.25) is 4.98 Å². The van der Waals surface area contributed by atoms with Crippen LogP contribution in [0.5, 0.6) is 0 Å². The third-order valence-corrected chi connectivity index (χ3v) is 3.50. The van der Waals surface area contributed by atoms with Crippen molar-refractivity contribution in [2.24, 2.45) is 0 Å². The molecule has 0 aromatic carbocycles. The molecule has 0 aliphatic rings. The van der Waals surface area contributed by atoms with Gasteiger partial charge in [0.2, 0.25) is 0 Å². The summed E-state index contributed by atoms with van der Waals surface area (Å²) in [6.45, 7) is 8.00. The van der Waals surface area contributed by atoms with E-state index in [0.717, 1.165) is 30.3 Å². The minimum atomic E-state index is 0.284. The predicted octanol–water partition coefficient (Wildman–Crippen LogP) is 3.09. The number of aromatic nitrogens is 2. The molecule has 0 bridgehead atoms. The fourth-order valence-electron chi connectivity index (χ4n) is 2.49. The van der Waals surface area contributed by atoms with Crippen LogP contribution < -0.4 is 10.2 Å². The molecule has 1 N–H and O–H groups in total. The van der Waals surface area contributed by atoms with Gasteiger partial charge in [0, 0.05) is 30.5 Å². The Labute approximate surface area is 127 Å². The Morgan fingerprint density at radius 3 is 2.76 bits per heavy atom. The number of aryl methyl sites for hydroxylation is 1. The van der Waals surface area contributed by atoms with E-state index < -0.39 is 0 Å². The molecule has 21 heavy (non-hydrogen) atoms. The Bertz CT molecular complexity index is 583. The van der Waals surface area contributed by atoms with Crippen molar-refractivity contribution in [3.63, 3.8) is 0 Å². The summed E-state index contributed by atoms with van der Waals surface area (Å²) in [6, 6.07) is 10.5. The van der Waals surface area contributed by atoms with E-state index >= 15 is 0 Å². The lowest BCUT2D eigenvalue weighted by Crippen LogP contribution is -2.24. The van der Waals surface area contributed by atoms with E-state index in [0.29, 0.717) is 0 Å². The van der Waals surface area contributed by atoms with Crippen LogP contribution in [-0.4, -0.2) is 23.6 Å². The molecule has 112 valence electrons. The molecule has 0 aliphatic carbocycles. The first kappa shape index (κ1) is 15.4. The average molecular weight is 284 g/mol. The largest absolute Gasteiger partial charge is 0.354 e. The Hall–Kier alpha value is -1.94. The lowest BCUT2D eigenvalue weighted by atomic mass is 10.1. The van der Waals surface area contributed by atoms with Crippen molar-refractivity contribution in [2.45, 2.75) is 33.4 Å². The van der Waals surface area contributed by atoms with E-state index in [9.17, 15) is 0 Å². The van der Waals surface area contributed by atoms with Gasteiger partial charge < -0.3 is 10.2 Å². The molecule has 0 fully saturated rings. The molecule has 4 nitrogen and oxygen atoms in total. The summed E-state index contributed by atoms with van der Waals surface area (Å²) in [5.41, 5.74) is 3.32. The highest BCUT2D eigenvalue weighted by Gasteiger charge is 2.14. The van der Waals surface area contributed by atoms with Crippen LogP contribution in [0.25, 0.3) is 0 Å². The summed E-state index contributed by atoms with van der Waals surface area (Å²) in [5.74, 6) is 1.01. The monoisotopic (exact) mass is 284 g/mol. The first-order valence-electron chi connectivity index (χ1n) is 7.43. The zero-order valence-electron chi connectivity index (χ0n) is 13.3. The molecule has 2 aromatic heterocycles. The van der Waals surface area contributed by atoms with Gasteiger partial charge in [0.1, 0.15) is 5.82 Å². The van der Waals surface area contributed by atoms with Crippen LogP contribution >= 0.6 is 0 Å². The maximum Gasteiger partial charge on any atom is 0.133 e. The highest BCUT2D eigenvalue weighted by molar-refractivity contribution is 5.47. The summed E-state index contributed by atoms with van der Waals surface area (Å²) < 4.78 is 0. The SMILES string of the molecule is CCNC(C)c1cccnc1N(C)Cc1cccc(C)n1. The molecule has 4 heteroatoms. The molecule has 2 heterocycles. The van der Waals surface area contributed by atoms with Crippen molar-refractivity contribution >= 4 is 5.82 Å².